The third kappa shape index (κ3) is 3.56. The van der Waals surface area contributed by atoms with Gasteiger partial charge in [-0.1, -0.05) is 0 Å². The number of esters is 1. The average Bonchev–Trinajstić information content (AvgIpc) is 2.21. The Morgan fingerprint density at radius 2 is 2.13 bits per heavy atom. The number of carbonyl (C=O) groups excluding carboxylic acids is 1. The van der Waals surface area contributed by atoms with E-state index in [-0.39, 0.29) is 21.7 Å². The average molecular weight is 265 g/mol. The van der Waals surface area contributed by atoms with Gasteiger partial charge < -0.3 is 0 Å². The monoisotopic (exact) mass is 265 g/mol. The molecule has 0 N–H and O–H groups in total. The molecular formula is C12H14AsO2. The van der Waals surface area contributed by atoms with Gasteiger partial charge in [-0.2, -0.15) is 0 Å². The Morgan fingerprint density at radius 1 is 1.47 bits per heavy atom. The zero-order chi connectivity index (χ0) is 11.3. The number of carbonyl (C=O) groups is 1. The van der Waals surface area contributed by atoms with Crippen molar-refractivity contribution in [2.45, 2.75) is 19.1 Å². The number of ether oxygens (including phenoxy) is 1. The fourth-order valence-electron chi connectivity index (χ4n) is 1.03. The predicted molar refractivity (Wildman–Crippen MR) is 62.8 cm³/mol. The molecule has 0 aliphatic rings. The molecule has 1 aromatic rings. The van der Waals surface area contributed by atoms with E-state index in [2.05, 4.69) is 13.5 Å². The number of para-hydroxylation sites is 1. The van der Waals surface area contributed by atoms with Gasteiger partial charge in [-0.25, -0.2) is 0 Å². The van der Waals surface area contributed by atoms with Gasteiger partial charge in [-0.3, -0.25) is 0 Å². The second-order valence-corrected chi connectivity index (χ2v) is 6.11. The first kappa shape index (κ1) is 12.1. The Balaban J connectivity index is 2.84. The molecule has 0 saturated heterocycles. The molecule has 0 aliphatic carbocycles. The normalized spacial score (nSPS) is 10.5. The van der Waals surface area contributed by atoms with Crippen LogP contribution in [0.25, 0.3) is 0 Å². The molecule has 0 spiro atoms. The van der Waals surface area contributed by atoms with Gasteiger partial charge in [0.2, 0.25) is 0 Å². The zero-order valence-electron chi connectivity index (χ0n) is 8.99. The van der Waals surface area contributed by atoms with Crippen molar-refractivity contribution in [2.24, 2.45) is 0 Å². The molecule has 0 heterocycles. The van der Waals surface area contributed by atoms with E-state index in [1.807, 2.05) is 24.3 Å². The summed E-state index contributed by atoms with van der Waals surface area (Å²) in [6.07, 6.45) is 0. The Morgan fingerprint density at radius 3 is 2.73 bits per heavy atom. The second-order valence-electron chi connectivity index (χ2n) is 3.11. The van der Waals surface area contributed by atoms with Crippen LogP contribution in [0.2, 0.25) is 5.21 Å². The van der Waals surface area contributed by atoms with Gasteiger partial charge in [0, 0.05) is 0 Å². The Hall–Kier alpha value is -1.01. The maximum atomic E-state index is 11.4. The summed E-state index contributed by atoms with van der Waals surface area (Å²) < 4.78 is 6.40. The molecule has 1 aromatic carbocycles. The topological polar surface area (TPSA) is 26.3 Å². The quantitative estimate of drug-likeness (QED) is 0.360. The molecule has 15 heavy (non-hydrogen) atoms. The van der Waals surface area contributed by atoms with E-state index in [9.17, 15) is 4.79 Å². The molecular weight excluding hydrogens is 251 g/mol. The van der Waals surface area contributed by atoms with Crippen LogP contribution in [-0.4, -0.2) is 21.7 Å². The van der Waals surface area contributed by atoms with Gasteiger partial charge in [0.15, 0.2) is 0 Å². The van der Waals surface area contributed by atoms with Crippen molar-refractivity contribution in [3.8, 4) is 5.75 Å². The van der Waals surface area contributed by atoms with Crippen molar-refractivity contribution in [3.05, 3.63) is 36.4 Å². The number of hydrogen-bond donors (Lipinski definition) is 0. The molecule has 0 bridgehead atoms. The van der Waals surface area contributed by atoms with E-state index >= 15 is 0 Å². The van der Waals surface area contributed by atoms with E-state index in [4.69, 9.17) is 4.74 Å². The third-order valence-electron chi connectivity index (χ3n) is 1.74. The molecule has 2 nitrogen and oxygen atoms in total. The van der Waals surface area contributed by atoms with Crippen molar-refractivity contribution < 1.29 is 9.53 Å². The van der Waals surface area contributed by atoms with Crippen LogP contribution in [0.4, 0.5) is 0 Å². The van der Waals surface area contributed by atoms with E-state index < -0.39 is 0 Å². The van der Waals surface area contributed by atoms with Crippen LogP contribution in [0.15, 0.2) is 36.4 Å². The Bertz CT molecular complexity index is 372. The van der Waals surface area contributed by atoms with Crippen molar-refractivity contribution >= 4 is 26.1 Å². The minimum atomic E-state index is -0.347. The molecule has 0 unspecified atom stereocenters. The van der Waals surface area contributed by atoms with E-state index in [1.165, 1.54) is 0 Å². The first-order valence-corrected chi connectivity index (χ1v) is 7.06. The van der Waals surface area contributed by atoms with Crippen molar-refractivity contribution in [1.82, 2.24) is 0 Å². The summed E-state index contributed by atoms with van der Waals surface area (Å²) in [5.74, 6) is 0.340. The molecule has 1 rings (SSSR count). The fourth-order valence-corrected chi connectivity index (χ4v) is 2.73. The molecule has 0 aromatic heterocycles. The molecule has 0 fully saturated rings. The van der Waals surface area contributed by atoms with E-state index in [0.717, 1.165) is 9.56 Å². The summed E-state index contributed by atoms with van der Waals surface area (Å²) in [6, 6.07) is 7.70. The minimum absolute atomic E-state index is 0.0924. The summed E-state index contributed by atoms with van der Waals surface area (Å²) in [6.45, 7) is 7.35. The summed E-state index contributed by atoms with van der Waals surface area (Å²) in [5, 5.41) is 1.12. The maximum absolute atomic E-state index is 11.4. The molecule has 0 atom stereocenters. The van der Waals surface area contributed by atoms with Gasteiger partial charge in [-0.05, 0) is 0 Å². The number of rotatable bonds is 4. The molecule has 79 valence electrons. The van der Waals surface area contributed by atoms with Gasteiger partial charge >= 0.3 is 96.8 Å². The van der Waals surface area contributed by atoms with Gasteiger partial charge in [0.1, 0.15) is 0 Å². The fraction of sp³-hybridized carbons (Fsp3) is 0.250. The van der Waals surface area contributed by atoms with Gasteiger partial charge in [0.05, 0.1) is 0 Å². The number of hydrogen-bond acceptors (Lipinski definition) is 2. The van der Waals surface area contributed by atoms with Crippen LogP contribution in [0.3, 0.4) is 0 Å². The molecule has 3 heteroatoms. The Labute approximate surface area is 97.0 Å². The van der Waals surface area contributed by atoms with Crippen molar-refractivity contribution in [1.29, 1.82) is 0 Å². The first-order valence-electron chi connectivity index (χ1n) is 4.79. The van der Waals surface area contributed by atoms with Crippen molar-refractivity contribution in [2.75, 3.05) is 0 Å². The molecule has 0 saturated carbocycles. The molecule has 1 radical (unpaired) electrons. The molecule has 0 aliphatic heterocycles. The predicted octanol–water partition coefficient (Wildman–Crippen LogP) is 1.94. The van der Waals surface area contributed by atoms with Crippen LogP contribution in [-0.2, 0) is 4.79 Å². The second kappa shape index (κ2) is 5.77. The van der Waals surface area contributed by atoms with E-state index in [0.29, 0.717) is 11.3 Å². The standard InChI is InChI=1S/C12H14AsO2/c1-4-13-10-7-5-6-8-11(10)15-12(14)9(2)3/h5-8H,2,4H2,1,3H3. The summed E-state index contributed by atoms with van der Waals surface area (Å²) in [4.78, 5) is 11.4. The van der Waals surface area contributed by atoms with Crippen LogP contribution >= 0.6 is 0 Å². The SMILES string of the molecule is C=C(C)C(=O)Oc1ccccc1[As]CC. The van der Waals surface area contributed by atoms with Crippen LogP contribution in [0.1, 0.15) is 13.8 Å². The van der Waals surface area contributed by atoms with Gasteiger partial charge in [0.25, 0.3) is 0 Å². The summed E-state index contributed by atoms with van der Waals surface area (Å²) in [7, 11) is 0. The Kier molecular flexibility index (Phi) is 4.64. The summed E-state index contributed by atoms with van der Waals surface area (Å²) in [5.41, 5.74) is 0.428. The van der Waals surface area contributed by atoms with Crippen LogP contribution < -0.4 is 9.09 Å². The first-order chi connectivity index (χ1) is 7.15. The van der Waals surface area contributed by atoms with Crippen molar-refractivity contribution in [3.63, 3.8) is 0 Å². The zero-order valence-corrected chi connectivity index (χ0v) is 10.9. The van der Waals surface area contributed by atoms with E-state index in [1.54, 1.807) is 6.92 Å². The van der Waals surface area contributed by atoms with Gasteiger partial charge in [-0.15, -0.1) is 0 Å². The van der Waals surface area contributed by atoms with Crippen LogP contribution in [0, 0.1) is 0 Å². The third-order valence-corrected chi connectivity index (χ3v) is 3.90. The van der Waals surface area contributed by atoms with Crippen LogP contribution in [0.5, 0.6) is 5.75 Å². The number of benzene rings is 1. The molecule has 0 amide bonds. The summed E-state index contributed by atoms with van der Waals surface area (Å²) >= 11 is 0.0924.